The van der Waals surface area contributed by atoms with Crippen LogP contribution < -0.4 is 4.72 Å². The second-order valence-corrected chi connectivity index (χ2v) is 13.9. The quantitative estimate of drug-likeness (QED) is 0.0903. The van der Waals surface area contributed by atoms with Crippen LogP contribution in [0.4, 0.5) is 5.69 Å². The van der Waals surface area contributed by atoms with E-state index in [2.05, 4.69) is 61.0 Å². The van der Waals surface area contributed by atoms with Gasteiger partial charge < -0.3 is 19.6 Å². The van der Waals surface area contributed by atoms with Gasteiger partial charge >= 0.3 is 0 Å². The molecule has 2 heterocycles. The molecule has 6 rings (SSSR count). The monoisotopic (exact) mass is 689 g/mol. The van der Waals surface area contributed by atoms with Gasteiger partial charge in [0.25, 0.3) is 11.8 Å². The molecular weight excluding hydrogens is 643 g/mol. The normalized spacial score (nSPS) is 14.1. The van der Waals surface area contributed by atoms with Gasteiger partial charge in [0.1, 0.15) is 6.23 Å². The molecule has 9 heteroatoms. The van der Waals surface area contributed by atoms with Crippen LogP contribution in [-0.4, -0.2) is 61.6 Å². The number of aromatic nitrogens is 2. The van der Waals surface area contributed by atoms with Crippen LogP contribution in [-0.2, 0) is 19.4 Å². The van der Waals surface area contributed by atoms with Crippen molar-refractivity contribution in [2.24, 2.45) is 0 Å². The summed E-state index contributed by atoms with van der Waals surface area (Å²) in [6.45, 7) is 7.84. The molecule has 2 N–H and O–H groups in total. The van der Waals surface area contributed by atoms with Crippen molar-refractivity contribution in [2.75, 3.05) is 23.6 Å². The predicted octanol–water partition coefficient (Wildman–Crippen LogP) is 8.20. The van der Waals surface area contributed by atoms with E-state index in [1.165, 1.54) is 21.2 Å². The molecule has 0 bridgehead atoms. The number of unbranched alkanes of at least 4 members (excludes halogenated alkanes) is 2. The molecular formula is C41H47N5O3S. The van der Waals surface area contributed by atoms with Crippen LogP contribution in [0.3, 0.4) is 0 Å². The fourth-order valence-corrected chi connectivity index (χ4v) is 7.35. The number of rotatable bonds is 14. The van der Waals surface area contributed by atoms with E-state index in [1.807, 2.05) is 60.4 Å². The minimum atomic E-state index is -0.960. The Hall–Kier alpha value is -4.60. The summed E-state index contributed by atoms with van der Waals surface area (Å²) in [5, 5.41) is 18.5. The van der Waals surface area contributed by atoms with Gasteiger partial charge in [0.15, 0.2) is 5.69 Å². The van der Waals surface area contributed by atoms with E-state index in [0.717, 1.165) is 60.4 Å². The summed E-state index contributed by atoms with van der Waals surface area (Å²) >= 11 is 1.59. The maximum Gasteiger partial charge on any atom is 0.274 e. The van der Waals surface area contributed by atoms with Crippen LogP contribution in [0.15, 0.2) is 91.0 Å². The lowest BCUT2D eigenvalue weighted by Crippen LogP contribution is -2.44. The lowest BCUT2D eigenvalue weighted by molar-refractivity contribution is -0.00172. The predicted molar refractivity (Wildman–Crippen MR) is 204 cm³/mol. The van der Waals surface area contributed by atoms with Gasteiger partial charge in [0.2, 0.25) is 0 Å². The minimum Gasteiger partial charge on any atom is -0.373 e. The van der Waals surface area contributed by atoms with Gasteiger partial charge in [-0.15, -0.1) is 0 Å². The highest BCUT2D eigenvalue weighted by Crippen LogP contribution is 2.29. The van der Waals surface area contributed by atoms with Crippen molar-refractivity contribution in [3.05, 3.63) is 125 Å². The smallest absolute Gasteiger partial charge is 0.274 e. The molecule has 0 saturated heterocycles. The van der Waals surface area contributed by atoms with E-state index in [0.29, 0.717) is 43.0 Å². The van der Waals surface area contributed by atoms with Gasteiger partial charge in [-0.1, -0.05) is 105 Å². The van der Waals surface area contributed by atoms with E-state index in [1.54, 1.807) is 16.6 Å². The number of anilines is 1. The lowest BCUT2D eigenvalue weighted by atomic mass is 9.97. The Kier molecular flexibility index (Phi) is 11.6. The van der Waals surface area contributed by atoms with E-state index in [9.17, 15) is 14.7 Å². The highest BCUT2D eigenvalue weighted by Gasteiger charge is 2.31. The highest BCUT2D eigenvalue weighted by atomic mass is 32.2. The number of aliphatic hydroxyl groups excluding tert-OH is 1. The summed E-state index contributed by atoms with van der Waals surface area (Å²) in [4.78, 5) is 31.5. The number of aliphatic hydroxyl groups is 1. The Balaban J connectivity index is 1.28. The summed E-state index contributed by atoms with van der Waals surface area (Å²) in [5.41, 5.74) is 6.23. The van der Waals surface area contributed by atoms with E-state index in [4.69, 9.17) is 5.10 Å². The zero-order chi connectivity index (χ0) is 35.0. The molecule has 50 heavy (non-hydrogen) atoms. The molecule has 0 spiro atoms. The van der Waals surface area contributed by atoms with Crippen molar-refractivity contribution in [3.8, 4) is 5.69 Å². The first-order valence-corrected chi connectivity index (χ1v) is 18.8. The average Bonchev–Trinajstić information content (AvgIpc) is 3.53. The Morgan fingerprint density at radius 1 is 0.920 bits per heavy atom. The topological polar surface area (TPSA) is 90.7 Å². The van der Waals surface area contributed by atoms with E-state index in [-0.39, 0.29) is 11.8 Å². The van der Waals surface area contributed by atoms with Crippen LogP contribution in [0.2, 0.25) is 0 Å². The zero-order valence-corrected chi connectivity index (χ0v) is 30.1. The van der Waals surface area contributed by atoms with Gasteiger partial charge in [0.05, 0.1) is 11.3 Å². The van der Waals surface area contributed by atoms with Gasteiger partial charge in [-0.2, -0.15) is 5.10 Å². The number of carbonyl (C=O) groups excluding carboxylic acids is 2. The second kappa shape index (κ2) is 16.4. The minimum absolute atomic E-state index is 0.0921. The molecule has 0 aliphatic carbocycles. The number of nitrogens with one attached hydrogen (secondary N) is 1. The fraction of sp³-hybridized carbons (Fsp3) is 0.341. The van der Waals surface area contributed by atoms with E-state index >= 15 is 0 Å². The number of fused-ring (bicyclic) bond motifs is 2. The number of benzene rings is 4. The molecule has 0 saturated carbocycles. The first-order valence-electron chi connectivity index (χ1n) is 17.8. The van der Waals surface area contributed by atoms with Crippen LogP contribution in [0.25, 0.3) is 16.5 Å². The van der Waals surface area contributed by atoms with E-state index < -0.39 is 6.23 Å². The Bertz CT molecular complexity index is 1940. The summed E-state index contributed by atoms with van der Waals surface area (Å²) in [5.74, 6) is 0.448. The molecule has 5 aromatic rings. The van der Waals surface area contributed by atoms with Gasteiger partial charge in [-0.3, -0.25) is 9.59 Å². The number of aryl methyl sites for hydroxylation is 2. The lowest BCUT2D eigenvalue weighted by Gasteiger charge is -2.34. The summed E-state index contributed by atoms with van der Waals surface area (Å²) in [7, 11) is 0. The first-order chi connectivity index (χ1) is 24.4. The molecule has 1 unspecified atom stereocenters. The fourth-order valence-electron chi connectivity index (χ4n) is 6.63. The zero-order valence-electron chi connectivity index (χ0n) is 29.3. The van der Waals surface area contributed by atoms with Crippen molar-refractivity contribution in [1.82, 2.24) is 19.6 Å². The first kappa shape index (κ1) is 35.2. The Morgan fingerprint density at radius 2 is 1.64 bits per heavy atom. The van der Waals surface area contributed by atoms with Gasteiger partial charge in [0, 0.05) is 43.2 Å². The van der Waals surface area contributed by atoms with Crippen molar-refractivity contribution >= 4 is 40.2 Å². The average molecular weight is 690 g/mol. The van der Waals surface area contributed by atoms with Gasteiger partial charge in [-0.25, -0.2) is 4.68 Å². The molecule has 0 fully saturated rings. The number of hydrogen-bond acceptors (Lipinski definition) is 6. The van der Waals surface area contributed by atoms with Crippen molar-refractivity contribution in [1.29, 1.82) is 0 Å². The van der Waals surface area contributed by atoms with Crippen LogP contribution >= 0.6 is 11.9 Å². The van der Waals surface area contributed by atoms with Crippen LogP contribution in [0, 0.1) is 6.92 Å². The molecule has 1 aromatic heterocycles. The second-order valence-electron chi connectivity index (χ2n) is 13.0. The number of carbonyl (C=O) groups is 2. The maximum atomic E-state index is 14.4. The highest BCUT2D eigenvalue weighted by molar-refractivity contribution is 8.00. The molecule has 260 valence electrons. The number of hydrogen-bond donors (Lipinski definition) is 2. The van der Waals surface area contributed by atoms with Crippen molar-refractivity contribution in [2.45, 2.75) is 72.1 Å². The Labute approximate surface area is 299 Å². The number of amides is 2. The molecule has 4 aromatic carbocycles. The summed E-state index contributed by atoms with van der Waals surface area (Å²) in [6.07, 6.45) is 4.17. The Morgan fingerprint density at radius 3 is 2.42 bits per heavy atom. The third kappa shape index (κ3) is 7.90. The molecule has 1 atom stereocenters. The summed E-state index contributed by atoms with van der Waals surface area (Å²) < 4.78 is 5.15. The van der Waals surface area contributed by atoms with Crippen LogP contribution in [0.5, 0.6) is 0 Å². The molecule has 0 radical (unpaired) electrons. The van der Waals surface area contributed by atoms with Crippen molar-refractivity contribution < 1.29 is 14.7 Å². The SMILES string of the molecule is CCCCN(CCCC)C(=O)c1cc(C)n(-c2ccc(NSCCc3cccc4ccccc34)cc2C(=O)N2Cc3ccccc3CC2O)n1. The standard InChI is InChI=1S/C41H47N5O3S/c1-4-6-22-44(23-7-5-2)41(49)37-25-29(3)46(42-37)38-20-19-34(43-50-24-21-31-17-12-16-30-13-10-11-18-35(30)31)27-36(38)40(48)45-28-33-15-9-8-14-32(33)26-39(45)47/h8-20,25,27,39,43,47H,4-7,21-24,26,28H2,1-3H3. The molecule has 1 aliphatic rings. The number of nitrogens with zero attached hydrogens (tertiary/aromatic N) is 4. The molecule has 2 amide bonds. The third-order valence-corrected chi connectivity index (χ3v) is 10.2. The molecule has 1 aliphatic heterocycles. The third-order valence-electron chi connectivity index (χ3n) is 9.44. The van der Waals surface area contributed by atoms with Crippen LogP contribution in [0.1, 0.15) is 82.8 Å². The maximum absolute atomic E-state index is 14.4. The van der Waals surface area contributed by atoms with Gasteiger partial charge in [-0.05, 0) is 77.9 Å². The molecule has 8 nitrogen and oxygen atoms in total. The summed E-state index contributed by atoms with van der Waals surface area (Å²) in [6, 6.07) is 30.2. The largest absolute Gasteiger partial charge is 0.373 e. The van der Waals surface area contributed by atoms with Crippen molar-refractivity contribution in [3.63, 3.8) is 0 Å².